The minimum atomic E-state index is 1.16. The van der Waals surface area contributed by atoms with Gasteiger partial charge in [0.2, 0.25) is 0 Å². The standard InChI is InChI=1S/C7H5.Mo/c1-7-5-3-2-4-6-7;/h2-6H;/q;+1. The molecule has 1 rings (SSSR count). The average Bonchev–Trinajstić information content (AvgIpc) is 1.90. The molecular weight excluding hydrogens is 180 g/mol. The van der Waals surface area contributed by atoms with Crippen molar-refractivity contribution >= 4 is 0 Å². The van der Waals surface area contributed by atoms with Crippen LogP contribution in [0, 0.1) is 4.20 Å². The molecule has 0 bridgehead atoms. The zero-order chi connectivity index (χ0) is 5.82. The van der Waals surface area contributed by atoms with E-state index in [1.807, 2.05) is 49.5 Å². The van der Waals surface area contributed by atoms with Crippen LogP contribution in [-0.2, 0) is 19.2 Å². The van der Waals surface area contributed by atoms with E-state index in [-0.39, 0.29) is 0 Å². The topological polar surface area (TPSA) is 0 Å². The maximum atomic E-state index is 3.04. The van der Waals surface area contributed by atoms with Crippen molar-refractivity contribution in [3.8, 4) is 4.20 Å². The van der Waals surface area contributed by atoms with Gasteiger partial charge in [0.05, 0.1) is 0 Å². The number of hydrogen-bond acceptors (Lipinski definition) is 0. The molecule has 0 aliphatic rings. The Bertz CT molecular complexity index is 195. The second-order valence-corrected chi connectivity index (χ2v) is 1.97. The monoisotopic (exact) mass is 187 g/mol. The Labute approximate surface area is 59.6 Å². The Morgan fingerprint density at radius 1 is 1.12 bits per heavy atom. The van der Waals surface area contributed by atoms with E-state index in [0.717, 1.165) is 5.56 Å². The third-order valence-electron chi connectivity index (χ3n) is 0.892. The second-order valence-electron chi connectivity index (χ2n) is 1.47. The molecule has 8 heavy (non-hydrogen) atoms. The summed E-state index contributed by atoms with van der Waals surface area (Å²) in [5.41, 5.74) is 1.16. The maximum absolute atomic E-state index is 3.04. The van der Waals surface area contributed by atoms with Crippen molar-refractivity contribution in [1.82, 2.24) is 0 Å². The fourth-order valence-electron chi connectivity index (χ4n) is 0.506. The molecule has 0 amide bonds. The van der Waals surface area contributed by atoms with Crippen molar-refractivity contribution in [2.75, 3.05) is 0 Å². The van der Waals surface area contributed by atoms with E-state index in [4.69, 9.17) is 0 Å². The molecule has 0 heterocycles. The van der Waals surface area contributed by atoms with E-state index in [9.17, 15) is 0 Å². The summed E-state index contributed by atoms with van der Waals surface area (Å²) in [4.78, 5) is 0. The summed E-state index contributed by atoms with van der Waals surface area (Å²) in [6.07, 6.45) is 0. The molecule has 0 radical (unpaired) electrons. The van der Waals surface area contributed by atoms with Gasteiger partial charge < -0.3 is 0 Å². The van der Waals surface area contributed by atoms with E-state index in [2.05, 4.69) is 4.20 Å². The molecule has 0 N–H and O–H groups in total. The molecule has 0 aliphatic carbocycles. The van der Waals surface area contributed by atoms with Gasteiger partial charge in [-0.3, -0.25) is 0 Å². The van der Waals surface area contributed by atoms with E-state index in [0.29, 0.717) is 0 Å². The van der Waals surface area contributed by atoms with Crippen molar-refractivity contribution in [2.24, 2.45) is 0 Å². The first-order valence-corrected chi connectivity index (χ1v) is 3.37. The summed E-state index contributed by atoms with van der Waals surface area (Å²) in [5, 5.41) is 0. The molecular formula is C7H5Mo+. The van der Waals surface area contributed by atoms with Crippen LogP contribution in [0.25, 0.3) is 0 Å². The SMILES string of the molecule is [Mo+]#[C]c1ccccc1. The van der Waals surface area contributed by atoms with Gasteiger partial charge in [0, 0.05) is 0 Å². The van der Waals surface area contributed by atoms with Crippen LogP contribution in [0.1, 0.15) is 5.56 Å². The number of hydrogen-bond donors (Lipinski definition) is 0. The van der Waals surface area contributed by atoms with Crippen molar-refractivity contribution in [1.29, 1.82) is 0 Å². The first-order valence-electron chi connectivity index (χ1n) is 2.36. The number of benzene rings is 1. The fourth-order valence-corrected chi connectivity index (χ4v) is 0.841. The van der Waals surface area contributed by atoms with Crippen LogP contribution in [0.5, 0.6) is 0 Å². The molecule has 0 nitrogen and oxygen atoms in total. The molecule has 1 heteroatoms. The molecule has 0 aromatic heterocycles. The van der Waals surface area contributed by atoms with E-state index >= 15 is 0 Å². The summed E-state index contributed by atoms with van der Waals surface area (Å²) >= 11 is 1.85. The minimum absolute atomic E-state index is 1.16. The zero-order valence-electron chi connectivity index (χ0n) is 4.29. The predicted octanol–water partition coefficient (Wildman–Crippen LogP) is 1.54. The number of rotatable bonds is 0. The zero-order valence-corrected chi connectivity index (χ0v) is 6.30. The molecule has 0 fully saturated rings. The van der Waals surface area contributed by atoms with Crippen LogP contribution in [0.4, 0.5) is 0 Å². The Morgan fingerprint density at radius 2 is 1.75 bits per heavy atom. The van der Waals surface area contributed by atoms with Crippen LogP contribution < -0.4 is 0 Å². The third kappa shape index (κ3) is 1.33. The Balaban J connectivity index is 3.05. The van der Waals surface area contributed by atoms with Gasteiger partial charge in [-0.1, -0.05) is 0 Å². The van der Waals surface area contributed by atoms with Crippen molar-refractivity contribution in [3.05, 3.63) is 35.9 Å². The normalized spacial score (nSPS) is 7.88. The van der Waals surface area contributed by atoms with Crippen LogP contribution in [0.2, 0.25) is 0 Å². The van der Waals surface area contributed by atoms with Crippen molar-refractivity contribution in [2.45, 2.75) is 0 Å². The molecule has 1 aromatic rings. The fraction of sp³-hybridized carbons (Fsp3) is 0. The molecule has 0 aliphatic heterocycles. The van der Waals surface area contributed by atoms with Crippen LogP contribution in [0.15, 0.2) is 30.3 Å². The molecule has 0 unspecified atom stereocenters. The first-order chi connectivity index (χ1) is 3.93. The van der Waals surface area contributed by atoms with E-state index < -0.39 is 0 Å². The summed E-state index contributed by atoms with van der Waals surface area (Å²) in [7, 11) is 0. The van der Waals surface area contributed by atoms with Crippen LogP contribution in [0.3, 0.4) is 0 Å². The second kappa shape index (κ2) is 2.87. The predicted molar refractivity (Wildman–Crippen MR) is 29.4 cm³/mol. The Hall–Kier alpha value is -0.312. The van der Waals surface area contributed by atoms with E-state index in [1.54, 1.807) is 0 Å². The summed E-state index contributed by atoms with van der Waals surface area (Å²) in [6, 6.07) is 10.1. The first kappa shape index (κ1) is 5.82. The van der Waals surface area contributed by atoms with Crippen LogP contribution in [-0.4, -0.2) is 0 Å². The van der Waals surface area contributed by atoms with Gasteiger partial charge in [-0.15, -0.1) is 0 Å². The van der Waals surface area contributed by atoms with Gasteiger partial charge in [0.1, 0.15) is 0 Å². The molecule has 0 saturated carbocycles. The van der Waals surface area contributed by atoms with Gasteiger partial charge in [0.15, 0.2) is 0 Å². The Kier molecular flexibility index (Phi) is 2.09. The quantitative estimate of drug-likeness (QED) is 0.538. The third-order valence-corrected chi connectivity index (χ3v) is 1.47. The van der Waals surface area contributed by atoms with Gasteiger partial charge in [-0.2, -0.15) is 0 Å². The van der Waals surface area contributed by atoms with Gasteiger partial charge in [0.25, 0.3) is 0 Å². The molecule has 0 atom stereocenters. The van der Waals surface area contributed by atoms with Gasteiger partial charge >= 0.3 is 59.3 Å². The summed E-state index contributed by atoms with van der Waals surface area (Å²) in [5.74, 6) is 0. The van der Waals surface area contributed by atoms with Gasteiger partial charge in [-0.25, -0.2) is 0 Å². The van der Waals surface area contributed by atoms with Crippen molar-refractivity contribution < 1.29 is 19.2 Å². The van der Waals surface area contributed by atoms with Gasteiger partial charge in [-0.05, 0) is 0 Å². The van der Waals surface area contributed by atoms with E-state index in [1.165, 1.54) is 0 Å². The molecule has 1 aromatic carbocycles. The van der Waals surface area contributed by atoms with Crippen LogP contribution >= 0.6 is 0 Å². The molecule has 38 valence electrons. The summed E-state index contributed by atoms with van der Waals surface area (Å²) in [6.45, 7) is 0. The molecule has 0 saturated heterocycles. The summed E-state index contributed by atoms with van der Waals surface area (Å²) < 4.78 is 3.04. The average molecular weight is 185 g/mol. The molecule has 0 spiro atoms. The Morgan fingerprint density at radius 3 is 2.12 bits per heavy atom. The van der Waals surface area contributed by atoms with Crippen molar-refractivity contribution in [3.63, 3.8) is 0 Å².